The zero-order chi connectivity index (χ0) is 13.5. The Morgan fingerprint density at radius 3 is 2.37 bits per heavy atom. The van der Waals surface area contributed by atoms with Crippen molar-refractivity contribution in [2.75, 3.05) is 6.26 Å². The summed E-state index contributed by atoms with van der Waals surface area (Å²) >= 11 is 0. The predicted molar refractivity (Wildman–Crippen MR) is 76.4 cm³/mol. The lowest BCUT2D eigenvalue weighted by Gasteiger charge is -2.10. The molecule has 1 aromatic heterocycles. The number of fused-ring (bicyclic) bond motifs is 1. The van der Waals surface area contributed by atoms with Crippen molar-refractivity contribution in [3.63, 3.8) is 0 Å². The summed E-state index contributed by atoms with van der Waals surface area (Å²) in [5.41, 5.74) is 1.69. The summed E-state index contributed by atoms with van der Waals surface area (Å²) in [5, 5.41) is 1.09. The van der Waals surface area contributed by atoms with E-state index in [-0.39, 0.29) is 0 Å². The van der Waals surface area contributed by atoms with Crippen LogP contribution >= 0.6 is 0 Å². The second-order valence-electron chi connectivity index (χ2n) is 4.48. The number of benzene rings is 2. The second-order valence-corrected chi connectivity index (χ2v) is 6.47. The molecule has 4 heteroatoms. The molecule has 96 valence electrons. The molecule has 0 atom stereocenters. The summed E-state index contributed by atoms with van der Waals surface area (Å²) in [6, 6.07) is 16.9. The van der Waals surface area contributed by atoms with Crippen LogP contribution in [0.25, 0.3) is 16.6 Å². The molecule has 19 heavy (non-hydrogen) atoms. The maximum atomic E-state index is 11.9. The molecule has 3 aromatic rings. The van der Waals surface area contributed by atoms with Gasteiger partial charge >= 0.3 is 0 Å². The normalized spacial score (nSPS) is 11.8. The highest BCUT2D eigenvalue weighted by Crippen LogP contribution is 2.25. The Hall–Kier alpha value is -2.07. The number of para-hydroxylation sites is 2. The van der Waals surface area contributed by atoms with Crippen LogP contribution < -0.4 is 0 Å². The number of nitrogens with zero attached hydrogens (tertiary/aromatic N) is 1. The summed E-state index contributed by atoms with van der Waals surface area (Å²) in [7, 11) is -3.25. The molecule has 0 unspecified atom stereocenters. The van der Waals surface area contributed by atoms with Gasteiger partial charge < -0.3 is 4.57 Å². The molecule has 0 saturated heterocycles. The molecule has 0 aliphatic carbocycles. The highest BCUT2D eigenvalue weighted by molar-refractivity contribution is 7.90. The van der Waals surface area contributed by atoms with Crippen molar-refractivity contribution < 1.29 is 8.42 Å². The van der Waals surface area contributed by atoms with Gasteiger partial charge in [-0.3, -0.25) is 0 Å². The van der Waals surface area contributed by atoms with E-state index in [4.69, 9.17) is 0 Å². The summed E-state index contributed by atoms with van der Waals surface area (Å²) in [4.78, 5) is 0.344. The van der Waals surface area contributed by atoms with Crippen LogP contribution in [-0.4, -0.2) is 19.2 Å². The van der Waals surface area contributed by atoms with Gasteiger partial charge in [-0.15, -0.1) is 0 Å². The van der Waals surface area contributed by atoms with E-state index in [2.05, 4.69) is 0 Å². The van der Waals surface area contributed by atoms with Crippen molar-refractivity contribution in [3.8, 4) is 5.69 Å². The van der Waals surface area contributed by atoms with E-state index >= 15 is 0 Å². The molecule has 0 saturated carbocycles. The third kappa shape index (κ3) is 2.04. The zero-order valence-corrected chi connectivity index (χ0v) is 11.3. The van der Waals surface area contributed by atoms with E-state index in [0.29, 0.717) is 10.6 Å². The molecule has 2 aromatic carbocycles. The molecule has 3 nitrogen and oxygen atoms in total. The Bertz CT molecular complexity index is 847. The minimum Gasteiger partial charge on any atom is -0.315 e. The van der Waals surface area contributed by atoms with Gasteiger partial charge in [-0.05, 0) is 29.7 Å². The zero-order valence-electron chi connectivity index (χ0n) is 10.4. The van der Waals surface area contributed by atoms with Crippen molar-refractivity contribution in [2.24, 2.45) is 0 Å². The van der Waals surface area contributed by atoms with Crippen molar-refractivity contribution in [3.05, 3.63) is 60.8 Å². The first-order valence-electron chi connectivity index (χ1n) is 5.93. The second kappa shape index (κ2) is 4.24. The minimum absolute atomic E-state index is 0.344. The number of sulfone groups is 1. The van der Waals surface area contributed by atoms with Crippen LogP contribution in [0.15, 0.2) is 65.7 Å². The molecule has 0 aliphatic heterocycles. The lowest BCUT2D eigenvalue weighted by Crippen LogP contribution is -2.04. The van der Waals surface area contributed by atoms with Crippen LogP contribution in [0.3, 0.4) is 0 Å². The van der Waals surface area contributed by atoms with Crippen molar-refractivity contribution in [2.45, 2.75) is 4.90 Å². The highest BCUT2D eigenvalue weighted by Gasteiger charge is 2.14. The maximum Gasteiger partial charge on any atom is 0.177 e. The standard InChI is InChI=1S/C15H13NO2S/c1-19(17,18)15-9-5-4-8-14(15)16-11-10-12-6-2-3-7-13(12)16/h2-11H,1H3. The van der Waals surface area contributed by atoms with Crippen LogP contribution in [0.5, 0.6) is 0 Å². The highest BCUT2D eigenvalue weighted by atomic mass is 32.2. The number of hydrogen-bond acceptors (Lipinski definition) is 2. The van der Waals surface area contributed by atoms with E-state index in [1.165, 1.54) is 6.26 Å². The molecule has 0 spiro atoms. The van der Waals surface area contributed by atoms with Crippen LogP contribution in [-0.2, 0) is 9.84 Å². The van der Waals surface area contributed by atoms with Gasteiger partial charge in [0.1, 0.15) is 0 Å². The van der Waals surface area contributed by atoms with Crippen LogP contribution in [0.2, 0.25) is 0 Å². The van der Waals surface area contributed by atoms with Gasteiger partial charge in [-0.25, -0.2) is 8.42 Å². The molecule has 0 amide bonds. The SMILES string of the molecule is CS(=O)(=O)c1ccccc1-n1ccc2ccccc21. The third-order valence-electron chi connectivity index (χ3n) is 3.12. The van der Waals surface area contributed by atoms with Crippen molar-refractivity contribution >= 4 is 20.7 Å². The molecule has 0 N–H and O–H groups in total. The van der Waals surface area contributed by atoms with E-state index in [0.717, 1.165) is 10.9 Å². The first-order chi connectivity index (χ1) is 9.07. The molecule has 0 aliphatic rings. The van der Waals surface area contributed by atoms with Gasteiger partial charge in [0.15, 0.2) is 9.84 Å². The fourth-order valence-corrected chi connectivity index (χ4v) is 3.13. The minimum atomic E-state index is -3.25. The van der Waals surface area contributed by atoms with Gasteiger partial charge in [0.2, 0.25) is 0 Å². The number of hydrogen-bond donors (Lipinski definition) is 0. The van der Waals surface area contributed by atoms with Crippen LogP contribution in [0.1, 0.15) is 0 Å². The molecular formula is C15H13NO2S. The molecule has 3 rings (SSSR count). The molecule has 0 fully saturated rings. The summed E-state index contributed by atoms with van der Waals surface area (Å²) in [5.74, 6) is 0. The first-order valence-corrected chi connectivity index (χ1v) is 7.82. The lowest BCUT2D eigenvalue weighted by atomic mass is 10.2. The lowest BCUT2D eigenvalue weighted by molar-refractivity contribution is 0.601. The average Bonchev–Trinajstić information content (AvgIpc) is 2.81. The molecule has 1 heterocycles. The fourth-order valence-electron chi connectivity index (χ4n) is 2.26. The largest absolute Gasteiger partial charge is 0.315 e. The monoisotopic (exact) mass is 271 g/mol. The third-order valence-corrected chi connectivity index (χ3v) is 4.27. The average molecular weight is 271 g/mol. The first kappa shape index (κ1) is 12.0. The van der Waals surface area contributed by atoms with E-state index in [1.807, 2.05) is 53.2 Å². The van der Waals surface area contributed by atoms with Crippen molar-refractivity contribution in [1.82, 2.24) is 4.57 Å². The van der Waals surface area contributed by atoms with Gasteiger partial charge in [0, 0.05) is 12.5 Å². The molecule has 0 bridgehead atoms. The number of rotatable bonds is 2. The molecule has 0 radical (unpaired) electrons. The van der Waals surface area contributed by atoms with E-state index in [1.54, 1.807) is 12.1 Å². The smallest absolute Gasteiger partial charge is 0.177 e. The quantitative estimate of drug-likeness (QED) is 0.718. The van der Waals surface area contributed by atoms with Gasteiger partial charge in [0.05, 0.1) is 16.1 Å². The Morgan fingerprint density at radius 2 is 1.58 bits per heavy atom. The Kier molecular flexibility index (Phi) is 2.68. The summed E-state index contributed by atoms with van der Waals surface area (Å²) < 4.78 is 25.7. The topological polar surface area (TPSA) is 39.1 Å². The van der Waals surface area contributed by atoms with E-state index in [9.17, 15) is 8.42 Å². The Morgan fingerprint density at radius 1 is 0.895 bits per heavy atom. The summed E-state index contributed by atoms with van der Waals surface area (Å²) in [6.07, 6.45) is 3.13. The predicted octanol–water partition coefficient (Wildman–Crippen LogP) is 3.03. The van der Waals surface area contributed by atoms with Gasteiger partial charge in [0.25, 0.3) is 0 Å². The number of aromatic nitrogens is 1. The van der Waals surface area contributed by atoms with Gasteiger partial charge in [-0.1, -0.05) is 30.3 Å². The molecular weight excluding hydrogens is 258 g/mol. The Labute approximate surface area is 112 Å². The maximum absolute atomic E-state index is 11.9. The summed E-state index contributed by atoms with van der Waals surface area (Å²) in [6.45, 7) is 0. The Balaban J connectivity index is 2.34. The fraction of sp³-hybridized carbons (Fsp3) is 0.0667. The van der Waals surface area contributed by atoms with Crippen LogP contribution in [0, 0.1) is 0 Å². The van der Waals surface area contributed by atoms with Gasteiger partial charge in [-0.2, -0.15) is 0 Å². The van der Waals surface area contributed by atoms with Crippen molar-refractivity contribution in [1.29, 1.82) is 0 Å². The van der Waals surface area contributed by atoms with E-state index < -0.39 is 9.84 Å². The van der Waals surface area contributed by atoms with Crippen LogP contribution in [0.4, 0.5) is 0 Å².